The van der Waals surface area contributed by atoms with Crippen molar-refractivity contribution in [3.05, 3.63) is 51.4 Å². The van der Waals surface area contributed by atoms with Crippen molar-refractivity contribution in [2.24, 2.45) is 5.92 Å². The second kappa shape index (κ2) is 7.67. The SMILES string of the molecule is CC(C)[C@H](c1ccc(C(F)F)cc1)n1nc(CO)c2c(=O)[nH]c(N(C)C)nc21. The fraction of sp³-hybridized carbons (Fsp3) is 0.421. The Morgan fingerprint density at radius 2 is 1.79 bits per heavy atom. The predicted molar refractivity (Wildman–Crippen MR) is 103 cm³/mol. The van der Waals surface area contributed by atoms with E-state index in [2.05, 4.69) is 15.1 Å². The van der Waals surface area contributed by atoms with E-state index in [0.717, 1.165) is 5.56 Å². The zero-order chi connectivity index (χ0) is 20.6. The number of aromatic nitrogens is 4. The number of benzene rings is 1. The van der Waals surface area contributed by atoms with Crippen molar-refractivity contribution in [3.8, 4) is 0 Å². The maximum Gasteiger partial charge on any atom is 0.263 e. The van der Waals surface area contributed by atoms with Gasteiger partial charge in [-0.25, -0.2) is 13.5 Å². The third-order valence-electron chi connectivity index (χ3n) is 4.62. The molecule has 0 bridgehead atoms. The molecule has 0 unspecified atom stereocenters. The zero-order valence-corrected chi connectivity index (χ0v) is 16.1. The average Bonchev–Trinajstić information content (AvgIpc) is 3.01. The van der Waals surface area contributed by atoms with E-state index in [1.165, 1.54) is 12.1 Å². The lowest BCUT2D eigenvalue weighted by Gasteiger charge is -2.23. The summed E-state index contributed by atoms with van der Waals surface area (Å²) in [6.07, 6.45) is -2.54. The normalized spacial score (nSPS) is 12.9. The Kier molecular flexibility index (Phi) is 5.46. The number of rotatable bonds is 6. The molecule has 1 aromatic carbocycles. The quantitative estimate of drug-likeness (QED) is 0.675. The Morgan fingerprint density at radius 3 is 2.29 bits per heavy atom. The lowest BCUT2D eigenvalue weighted by atomic mass is 9.95. The molecule has 7 nitrogen and oxygen atoms in total. The fourth-order valence-corrected chi connectivity index (χ4v) is 3.27. The zero-order valence-electron chi connectivity index (χ0n) is 16.1. The number of aromatic amines is 1. The second-order valence-electron chi connectivity index (χ2n) is 7.19. The van der Waals surface area contributed by atoms with Crippen molar-refractivity contribution in [1.82, 2.24) is 19.7 Å². The Morgan fingerprint density at radius 1 is 1.18 bits per heavy atom. The molecule has 0 saturated heterocycles. The van der Waals surface area contributed by atoms with Crippen LogP contribution < -0.4 is 10.5 Å². The van der Waals surface area contributed by atoms with E-state index in [1.807, 2.05) is 13.8 Å². The lowest BCUT2D eigenvalue weighted by molar-refractivity contribution is 0.151. The predicted octanol–water partition coefficient (Wildman–Crippen LogP) is 2.86. The number of anilines is 1. The number of hydrogen-bond donors (Lipinski definition) is 2. The molecule has 0 amide bonds. The number of hydrogen-bond acceptors (Lipinski definition) is 5. The highest BCUT2D eigenvalue weighted by Crippen LogP contribution is 2.31. The topological polar surface area (TPSA) is 87.0 Å². The van der Waals surface area contributed by atoms with Gasteiger partial charge >= 0.3 is 0 Å². The summed E-state index contributed by atoms with van der Waals surface area (Å²) in [7, 11) is 3.50. The summed E-state index contributed by atoms with van der Waals surface area (Å²) in [4.78, 5) is 21.4. The van der Waals surface area contributed by atoms with Crippen LogP contribution in [0.3, 0.4) is 0 Å². The van der Waals surface area contributed by atoms with Gasteiger partial charge in [0, 0.05) is 19.7 Å². The van der Waals surface area contributed by atoms with Gasteiger partial charge in [-0.1, -0.05) is 38.1 Å². The summed E-state index contributed by atoms with van der Waals surface area (Å²) >= 11 is 0. The van der Waals surface area contributed by atoms with E-state index in [4.69, 9.17) is 0 Å². The van der Waals surface area contributed by atoms with E-state index >= 15 is 0 Å². The molecule has 3 aromatic rings. The summed E-state index contributed by atoms with van der Waals surface area (Å²) in [5, 5.41) is 14.4. The molecular weight excluding hydrogens is 368 g/mol. The van der Waals surface area contributed by atoms with Crippen molar-refractivity contribution in [2.75, 3.05) is 19.0 Å². The van der Waals surface area contributed by atoms with Gasteiger partial charge < -0.3 is 10.0 Å². The molecule has 2 N–H and O–H groups in total. The van der Waals surface area contributed by atoms with Crippen LogP contribution in [0.5, 0.6) is 0 Å². The smallest absolute Gasteiger partial charge is 0.263 e. The van der Waals surface area contributed by atoms with E-state index in [9.17, 15) is 18.7 Å². The number of H-pyrrole nitrogens is 1. The molecule has 2 aromatic heterocycles. The van der Waals surface area contributed by atoms with Gasteiger partial charge in [-0.2, -0.15) is 10.1 Å². The van der Waals surface area contributed by atoms with Crippen LogP contribution in [0.2, 0.25) is 0 Å². The minimum absolute atomic E-state index is 0.0240. The van der Waals surface area contributed by atoms with Crippen molar-refractivity contribution >= 4 is 17.0 Å². The van der Waals surface area contributed by atoms with E-state index in [0.29, 0.717) is 11.6 Å². The van der Waals surface area contributed by atoms with Crippen molar-refractivity contribution in [2.45, 2.75) is 32.9 Å². The van der Waals surface area contributed by atoms with Crippen LogP contribution in [0.25, 0.3) is 11.0 Å². The number of aliphatic hydroxyl groups is 1. The van der Waals surface area contributed by atoms with E-state index in [-0.39, 0.29) is 34.2 Å². The number of halogens is 2. The van der Waals surface area contributed by atoms with Crippen molar-refractivity contribution in [3.63, 3.8) is 0 Å². The first-order valence-corrected chi connectivity index (χ1v) is 8.92. The van der Waals surface area contributed by atoms with E-state index < -0.39 is 13.0 Å². The standard InChI is InChI=1S/C19H23F2N5O2/c1-10(2)15(11-5-7-12(8-6-11)16(20)21)26-17-14(13(9-27)24-26)18(28)23-19(22-17)25(3)4/h5-8,10,15-16,27H,9H2,1-4H3,(H,22,23,28)/t15-/m1/s1. The molecule has 0 aliphatic carbocycles. The number of nitrogens with zero attached hydrogens (tertiary/aromatic N) is 4. The molecule has 3 rings (SSSR count). The Hall–Kier alpha value is -2.81. The molecular formula is C19H23F2N5O2. The Balaban J connectivity index is 2.24. The summed E-state index contributed by atoms with van der Waals surface area (Å²) < 4.78 is 27.4. The molecule has 9 heteroatoms. The summed E-state index contributed by atoms with van der Waals surface area (Å²) in [6, 6.07) is 5.70. The van der Waals surface area contributed by atoms with Crippen LogP contribution in [-0.4, -0.2) is 39.0 Å². The fourth-order valence-electron chi connectivity index (χ4n) is 3.27. The van der Waals surface area contributed by atoms with Gasteiger partial charge in [-0.3, -0.25) is 9.78 Å². The summed E-state index contributed by atoms with van der Waals surface area (Å²) in [5.41, 5.74) is 0.885. The molecule has 0 aliphatic rings. The minimum Gasteiger partial charge on any atom is -0.390 e. The van der Waals surface area contributed by atoms with E-state index in [1.54, 1.807) is 35.8 Å². The minimum atomic E-state index is -2.54. The molecule has 0 radical (unpaired) electrons. The highest BCUT2D eigenvalue weighted by atomic mass is 19.3. The highest BCUT2D eigenvalue weighted by Gasteiger charge is 2.26. The first kappa shape index (κ1) is 19.9. The molecule has 0 spiro atoms. The van der Waals surface area contributed by atoms with Crippen LogP contribution in [0.1, 0.15) is 43.1 Å². The number of alkyl halides is 2. The van der Waals surface area contributed by atoms with Crippen LogP contribution >= 0.6 is 0 Å². The molecule has 2 heterocycles. The monoisotopic (exact) mass is 391 g/mol. The maximum atomic E-state index is 12.9. The largest absolute Gasteiger partial charge is 0.390 e. The third kappa shape index (κ3) is 3.49. The Labute approximate surface area is 160 Å². The van der Waals surface area contributed by atoms with Gasteiger partial charge in [0.2, 0.25) is 5.95 Å². The van der Waals surface area contributed by atoms with Crippen molar-refractivity contribution in [1.29, 1.82) is 0 Å². The molecule has 28 heavy (non-hydrogen) atoms. The van der Waals surface area contributed by atoms with Gasteiger partial charge in [0.25, 0.3) is 12.0 Å². The van der Waals surface area contributed by atoms with Crippen LogP contribution in [0, 0.1) is 5.92 Å². The molecule has 150 valence electrons. The maximum absolute atomic E-state index is 12.9. The number of fused-ring (bicyclic) bond motifs is 1. The van der Waals surface area contributed by atoms with Crippen molar-refractivity contribution < 1.29 is 13.9 Å². The summed E-state index contributed by atoms with van der Waals surface area (Å²) in [5.74, 6) is 0.384. The highest BCUT2D eigenvalue weighted by molar-refractivity contribution is 5.78. The van der Waals surface area contributed by atoms with Gasteiger partial charge in [0.05, 0.1) is 12.6 Å². The molecule has 1 atom stereocenters. The molecule has 0 saturated carbocycles. The second-order valence-corrected chi connectivity index (χ2v) is 7.19. The van der Waals surface area contributed by atoms with Gasteiger partial charge in [-0.05, 0) is 11.5 Å². The van der Waals surface area contributed by atoms with Crippen LogP contribution in [0.4, 0.5) is 14.7 Å². The lowest BCUT2D eigenvalue weighted by Crippen LogP contribution is -2.22. The van der Waals surface area contributed by atoms with Gasteiger partial charge in [0.1, 0.15) is 11.1 Å². The first-order valence-electron chi connectivity index (χ1n) is 8.92. The molecule has 0 fully saturated rings. The average molecular weight is 391 g/mol. The number of nitrogens with one attached hydrogen (secondary N) is 1. The number of aliphatic hydroxyl groups excluding tert-OH is 1. The molecule has 0 aliphatic heterocycles. The Bertz CT molecular complexity index is 1030. The first-order chi connectivity index (χ1) is 13.2. The van der Waals surface area contributed by atoms with Gasteiger partial charge in [-0.15, -0.1) is 0 Å². The van der Waals surface area contributed by atoms with Crippen LogP contribution in [-0.2, 0) is 6.61 Å². The summed E-state index contributed by atoms with van der Waals surface area (Å²) in [6.45, 7) is 3.53. The van der Waals surface area contributed by atoms with Gasteiger partial charge in [0.15, 0.2) is 5.65 Å². The third-order valence-corrected chi connectivity index (χ3v) is 4.62. The van der Waals surface area contributed by atoms with Crippen LogP contribution in [0.15, 0.2) is 29.1 Å².